The van der Waals surface area contributed by atoms with E-state index in [0.29, 0.717) is 12.3 Å². The second-order valence-electron chi connectivity index (χ2n) is 4.68. The lowest BCUT2D eigenvalue weighted by atomic mass is 10.2. The molecule has 2 rings (SSSR count). The molecular formula is C13H18N2O3. The van der Waals surface area contributed by atoms with Gasteiger partial charge >= 0.3 is 5.97 Å². The number of ether oxygens (including phenoxy) is 1. The molecule has 1 aliphatic rings. The summed E-state index contributed by atoms with van der Waals surface area (Å²) in [5.74, 6) is -0.271. The zero-order valence-electron chi connectivity index (χ0n) is 10.7. The molecule has 2 heterocycles. The summed E-state index contributed by atoms with van der Waals surface area (Å²) < 4.78 is 5.64. The molecule has 98 valence electrons. The highest BCUT2D eigenvalue weighted by molar-refractivity contribution is 5.79. The fourth-order valence-electron chi connectivity index (χ4n) is 2.23. The van der Waals surface area contributed by atoms with Crippen molar-refractivity contribution in [3.63, 3.8) is 0 Å². The van der Waals surface area contributed by atoms with E-state index in [4.69, 9.17) is 4.74 Å². The molecule has 5 heteroatoms. The molecule has 0 amide bonds. The van der Waals surface area contributed by atoms with Crippen molar-refractivity contribution in [3.05, 3.63) is 18.3 Å². The first-order chi connectivity index (χ1) is 8.59. The minimum Gasteiger partial charge on any atom is -0.480 e. The molecule has 5 nitrogen and oxygen atoms in total. The van der Waals surface area contributed by atoms with Gasteiger partial charge in [0, 0.05) is 12.7 Å². The average molecular weight is 250 g/mol. The Morgan fingerprint density at radius 3 is 3.06 bits per heavy atom. The van der Waals surface area contributed by atoms with Crippen LogP contribution in [0.1, 0.15) is 26.7 Å². The summed E-state index contributed by atoms with van der Waals surface area (Å²) in [6.07, 6.45) is 3.23. The van der Waals surface area contributed by atoms with Crippen LogP contribution >= 0.6 is 0 Å². The molecular weight excluding hydrogens is 232 g/mol. The van der Waals surface area contributed by atoms with Gasteiger partial charge in [-0.15, -0.1) is 0 Å². The normalized spacial score (nSPS) is 19.3. The average Bonchev–Trinajstić information content (AvgIpc) is 2.77. The molecule has 0 bridgehead atoms. The smallest absolute Gasteiger partial charge is 0.326 e. The van der Waals surface area contributed by atoms with Crippen LogP contribution in [-0.2, 0) is 4.79 Å². The van der Waals surface area contributed by atoms with Crippen LogP contribution in [0.5, 0.6) is 5.88 Å². The zero-order chi connectivity index (χ0) is 13.1. The van der Waals surface area contributed by atoms with Gasteiger partial charge in [-0.25, -0.2) is 9.78 Å². The van der Waals surface area contributed by atoms with Gasteiger partial charge in [0.2, 0.25) is 5.88 Å². The summed E-state index contributed by atoms with van der Waals surface area (Å²) >= 11 is 0. The number of carbonyl (C=O) groups is 1. The van der Waals surface area contributed by atoms with Gasteiger partial charge in [0.25, 0.3) is 0 Å². The number of anilines is 1. The third-order valence-corrected chi connectivity index (χ3v) is 2.95. The van der Waals surface area contributed by atoms with Gasteiger partial charge in [-0.2, -0.15) is 0 Å². The second kappa shape index (κ2) is 5.25. The van der Waals surface area contributed by atoms with Gasteiger partial charge in [0.15, 0.2) is 0 Å². The number of hydrogen-bond acceptors (Lipinski definition) is 4. The molecule has 0 aliphatic carbocycles. The van der Waals surface area contributed by atoms with E-state index >= 15 is 0 Å². The van der Waals surface area contributed by atoms with Crippen LogP contribution < -0.4 is 9.64 Å². The fourth-order valence-corrected chi connectivity index (χ4v) is 2.23. The molecule has 0 saturated carbocycles. The Morgan fingerprint density at radius 2 is 2.39 bits per heavy atom. The van der Waals surface area contributed by atoms with Gasteiger partial charge in [0.05, 0.1) is 6.10 Å². The first kappa shape index (κ1) is 12.7. The molecule has 1 atom stereocenters. The number of aliphatic carboxylic acids is 1. The number of aromatic nitrogens is 1. The van der Waals surface area contributed by atoms with Crippen LogP contribution in [-0.4, -0.2) is 34.8 Å². The monoisotopic (exact) mass is 250 g/mol. The lowest BCUT2D eigenvalue weighted by Gasteiger charge is -2.25. The van der Waals surface area contributed by atoms with Crippen molar-refractivity contribution in [2.45, 2.75) is 38.8 Å². The Labute approximate surface area is 106 Å². The van der Waals surface area contributed by atoms with Crippen molar-refractivity contribution in [3.8, 4) is 5.88 Å². The Bertz CT molecular complexity index is 434. The molecule has 0 aromatic carbocycles. The minimum absolute atomic E-state index is 0.0181. The number of nitrogens with zero attached hydrogens (tertiary/aromatic N) is 2. The molecule has 1 aromatic rings. The van der Waals surface area contributed by atoms with Gasteiger partial charge in [0.1, 0.15) is 11.7 Å². The van der Waals surface area contributed by atoms with Crippen molar-refractivity contribution >= 4 is 11.7 Å². The maximum absolute atomic E-state index is 11.2. The predicted octanol–water partition coefficient (Wildman–Crippen LogP) is 1.92. The quantitative estimate of drug-likeness (QED) is 0.884. The molecule has 1 unspecified atom stereocenters. The Morgan fingerprint density at radius 1 is 1.61 bits per heavy atom. The predicted molar refractivity (Wildman–Crippen MR) is 68.0 cm³/mol. The molecule has 1 aliphatic heterocycles. The number of rotatable bonds is 4. The summed E-state index contributed by atoms with van der Waals surface area (Å²) in [6.45, 7) is 4.59. The van der Waals surface area contributed by atoms with E-state index in [-0.39, 0.29) is 6.10 Å². The third kappa shape index (κ3) is 2.55. The molecule has 18 heavy (non-hydrogen) atoms. The van der Waals surface area contributed by atoms with E-state index in [9.17, 15) is 9.90 Å². The highest BCUT2D eigenvalue weighted by Crippen LogP contribution is 2.32. The topological polar surface area (TPSA) is 62.7 Å². The molecule has 0 spiro atoms. The van der Waals surface area contributed by atoms with Crippen molar-refractivity contribution in [2.75, 3.05) is 11.4 Å². The second-order valence-corrected chi connectivity index (χ2v) is 4.68. The zero-order valence-corrected chi connectivity index (χ0v) is 10.7. The Balaban J connectivity index is 2.29. The van der Waals surface area contributed by atoms with Crippen LogP contribution in [0.4, 0.5) is 5.69 Å². The Hall–Kier alpha value is -1.78. The number of carboxylic acid groups (broad SMARTS) is 1. The molecule has 1 fully saturated rings. The maximum Gasteiger partial charge on any atom is 0.326 e. The van der Waals surface area contributed by atoms with E-state index in [0.717, 1.165) is 18.7 Å². The molecule has 1 N–H and O–H groups in total. The van der Waals surface area contributed by atoms with Gasteiger partial charge in [-0.1, -0.05) is 0 Å². The highest BCUT2D eigenvalue weighted by atomic mass is 16.5. The van der Waals surface area contributed by atoms with Gasteiger partial charge < -0.3 is 14.7 Å². The van der Waals surface area contributed by atoms with E-state index in [1.165, 1.54) is 0 Å². The minimum atomic E-state index is -0.785. The van der Waals surface area contributed by atoms with Gasteiger partial charge in [-0.3, -0.25) is 0 Å². The first-order valence-electron chi connectivity index (χ1n) is 6.20. The summed E-state index contributed by atoms with van der Waals surface area (Å²) in [6, 6.07) is 3.20. The van der Waals surface area contributed by atoms with Crippen molar-refractivity contribution in [2.24, 2.45) is 0 Å². The van der Waals surface area contributed by atoms with Crippen molar-refractivity contribution in [1.29, 1.82) is 0 Å². The van der Waals surface area contributed by atoms with E-state index in [2.05, 4.69) is 4.98 Å². The van der Waals surface area contributed by atoms with E-state index in [1.807, 2.05) is 24.8 Å². The molecule has 0 radical (unpaired) electrons. The first-order valence-corrected chi connectivity index (χ1v) is 6.20. The molecule has 1 aromatic heterocycles. The summed E-state index contributed by atoms with van der Waals surface area (Å²) in [5.41, 5.74) is 0.774. The summed E-state index contributed by atoms with van der Waals surface area (Å²) in [5, 5.41) is 9.21. The summed E-state index contributed by atoms with van der Waals surface area (Å²) in [4.78, 5) is 17.3. The number of pyridine rings is 1. The van der Waals surface area contributed by atoms with E-state index in [1.54, 1.807) is 12.3 Å². The van der Waals surface area contributed by atoms with Crippen LogP contribution in [0, 0.1) is 0 Å². The highest BCUT2D eigenvalue weighted by Gasteiger charge is 2.32. The largest absolute Gasteiger partial charge is 0.480 e. The SMILES string of the molecule is CC(C)Oc1ncccc1N1CCCC1C(=O)O. The summed E-state index contributed by atoms with van der Waals surface area (Å²) in [7, 11) is 0. The van der Waals surface area contributed by atoms with E-state index < -0.39 is 12.0 Å². The lowest BCUT2D eigenvalue weighted by molar-refractivity contribution is -0.138. The van der Waals surface area contributed by atoms with Crippen molar-refractivity contribution in [1.82, 2.24) is 4.98 Å². The maximum atomic E-state index is 11.2. The van der Waals surface area contributed by atoms with Crippen LogP contribution in [0.2, 0.25) is 0 Å². The Kier molecular flexibility index (Phi) is 3.69. The van der Waals surface area contributed by atoms with Crippen LogP contribution in [0.3, 0.4) is 0 Å². The van der Waals surface area contributed by atoms with Crippen LogP contribution in [0.25, 0.3) is 0 Å². The third-order valence-electron chi connectivity index (χ3n) is 2.95. The lowest BCUT2D eigenvalue weighted by Crippen LogP contribution is -2.36. The van der Waals surface area contributed by atoms with Crippen molar-refractivity contribution < 1.29 is 14.6 Å². The molecule has 1 saturated heterocycles. The van der Waals surface area contributed by atoms with Crippen LogP contribution in [0.15, 0.2) is 18.3 Å². The standard InChI is InChI=1S/C13H18N2O3/c1-9(2)18-12-10(5-3-7-14-12)15-8-4-6-11(15)13(16)17/h3,5,7,9,11H,4,6,8H2,1-2H3,(H,16,17). The number of carboxylic acids is 1. The fraction of sp³-hybridized carbons (Fsp3) is 0.538. The van der Waals surface area contributed by atoms with Gasteiger partial charge in [-0.05, 0) is 38.8 Å². The number of hydrogen-bond donors (Lipinski definition) is 1.